The van der Waals surface area contributed by atoms with Crippen LogP contribution in [0.15, 0.2) is 11.3 Å². The van der Waals surface area contributed by atoms with Crippen molar-refractivity contribution in [2.45, 2.75) is 26.0 Å². The summed E-state index contributed by atoms with van der Waals surface area (Å²) in [5.41, 5.74) is 6.32. The molecule has 1 aliphatic rings. The Morgan fingerprint density at radius 3 is 2.62 bits per heavy atom. The highest BCUT2D eigenvalue weighted by Crippen LogP contribution is 2.37. The van der Waals surface area contributed by atoms with Crippen LogP contribution in [0.5, 0.6) is 0 Å². The predicted octanol–water partition coefficient (Wildman–Crippen LogP) is 0.444. The number of likely N-dealkylation sites (N-methyl/N-ethyl adjacent to an activating group) is 1. The lowest BCUT2D eigenvalue weighted by Crippen LogP contribution is -2.64. The number of amides is 1. The number of nitrogens with zero attached hydrogens (tertiary/aromatic N) is 1. The number of nitrogens with two attached hydrogens (primary N) is 1. The van der Waals surface area contributed by atoms with Crippen LogP contribution < -0.4 is 5.73 Å². The van der Waals surface area contributed by atoms with E-state index in [2.05, 4.69) is 0 Å². The summed E-state index contributed by atoms with van der Waals surface area (Å²) >= 11 is 0. The minimum absolute atomic E-state index is 0.0382. The first-order chi connectivity index (χ1) is 5.99. The number of hydrogen-bond donors (Lipinski definition) is 1. The van der Waals surface area contributed by atoms with Crippen LogP contribution in [-0.2, 0) is 9.53 Å². The van der Waals surface area contributed by atoms with E-state index in [4.69, 9.17) is 10.5 Å². The van der Waals surface area contributed by atoms with Crippen LogP contribution in [0, 0.1) is 0 Å². The van der Waals surface area contributed by atoms with Gasteiger partial charge in [-0.15, -0.1) is 0 Å². The first-order valence-electron chi connectivity index (χ1n) is 4.31. The number of carbonyl (C=O) groups is 1. The molecule has 0 bridgehead atoms. The van der Waals surface area contributed by atoms with E-state index in [1.165, 1.54) is 0 Å². The molecule has 0 aromatic carbocycles. The van der Waals surface area contributed by atoms with E-state index in [-0.39, 0.29) is 5.91 Å². The van der Waals surface area contributed by atoms with Crippen molar-refractivity contribution in [1.82, 2.24) is 4.90 Å². The molecule has 1 rings (SSSR count). The molecular formula is C9H16N2O2. The molecule has 1 unspecified atom stereocenters. The van der Waals surface area contributed by atoms with Crippen LogP contribution in [-0.4, -0.2) is 30.7 Å². The minimum Gasteiger partial charge on any atom is -0.402 e. The normalized spacial score (nSPS) is 31.7. The molecule has 0 aromatic rings. The molecule has 0 aliphatic carbocycles. The molecule has 4 nitrogen and oxygen atoms in total. The molecule has 0 spiro atoms. The summed E-state index contributed by atoms with van der Waals surface area (Å²) in [6.45, 7) is 3.76. The lowest BCUT2D eigenvalue weighted by Gasteiger charge is -2.48. The van der Waals surface area contributed by atoms with Gasteiger partial charge in [0.1, 0.15) is 0 Å². The van der Waals surface area contributed by atoms with Gasteiger partial charge in [-0.05, 0) is 13.3 Å². The summed E-state index contributed by atoms with van der Waals surface area (Å²) in [5.74, 6) is -0.0382. The fraction of sp³-hybridized carbons (Fsp3) is 0.667. The molecule has 74 valence electrons. The molecule has 1 fully saturated rings. The Labute approximate surface area is 78.3 Å². The van der Waals surface area contributed by atoms with Crippen LogP contribution in [0.2, 0.25) is 0 Å². The largest absolute Gasteiger partial charge is 0.402 e. The van der Waals surface area contributed by atoms with Crippen molar-refractivity contribution < 1.29 is 9.53 Å². The molecule has 1 amide bonds. The lowest BCUT2D eigenvalue weighted by atomic mass is 9.89. The highest BCUT2D eigenvalue weighted by atomic mass is 16.5. The van der Waals surface area contributed by atoms with E-state index in [1.807, 2.05) is 13.8 Å². The number of methoxy groups -OCH3 is 1. The number of allylic oxidation sites excluding steroid dienone is 1. The van der Waals surface area contributed by atoms with Crippen LogP contribution in [0.3, 0.4) is 0 Å². The molecule has 1 heterocycles. The minimum atomic E-state index is -0.628. The molecule has 0 radical (unpaired) electrons. The van der Waals surface area contributed by atoms with E-state index in [0.717, 1.165) is 0 Å². The van der Waals surface area contributed by atoms with Gasteiger partial charge >= 0.3 is 0 Å². The van der Waals surface area contributed by atoms with Crippen LogP contribution in [0.4, 0.5) is 0 Å². The first kappa shape index (κ1) is 10.1. The zero-order chi connectivity index (χ0) is 10.2. The molecule has 13 heavy (non-hydrogen) atoms. The first-order valence-corrected chi connectivity index (χ1v) is 4.31. The molecule has 0 saturated carbocycles. The average molecular weight is 184 g/mol. The van der Waals surface area contributed by atoms with Crippen molar-refractivity contribution in [3.05, 3.63) is 11.3 Å². The van der Waals surface area contributed by atoms with Gasteiger partial charge in [0, 0.05) is 19.9 Å². The third-order valence-electron chi connectivity index (χ3n) is 2.72. The zero-order valence-corrected chi connectivity index (χ0v) is 8.55. The molecule has 0 aromatic heterocycles. The maximum Gasteiger partial charge on any atom is 0.258 e. The Kier molecular flexibility index (Phi) is 2.34. The van der Waals surface area contributed by atoms with Crippen molar-refractivity contribution in [3.8, 4) is 0 Å². The number of ether oxygens (including phenoxy) is 1. The average Bonchev–Trinajstić information content (AvgIpc) is 2.16. The molecule has 1 aliphatic heterocycles. The van der Waals surface area contributed by atoms with E-state index in [1.54, 1.807) is 19.1 Å². The molecule has 1 atom stereocenters. The summed E-state index contributed by atoms with van der Waals surface area (Å²) < 4.78 is 5.26. The van der Waals surface area contributed by atoms with Gasteiger partial charge in [-0.2, -0.15) is 0 Å². The fourth-order valence-electron chi connectivity index (χ4n) is 1.53. The fourth-order valence-corrected chi connectivity index (χ4v) is 1.53. The quantitative estimate of drug-likeness (QED) is 0.500. The Morgan fingerprint density at radius 2 is 2.23 bits per heavy atom. The number of rotatable bonds is 2. The lowest BCUT2D eigenvalue weighted by molar-refractivity contribution is -0.172. The Hall–Kier alpha value is -1.03. The Bertz CT molecular complexity index is 273. The predicted molar refractivity (Wildman–Crippen MR) is 49.7 cm³/mol. The number of β-lactam (4-membered cyclic amide) rings is 1. The smallest absolute Gasteiger partial charge is 0.258 e. The van der Waals surface area contributed by atoms with Gasteiger partial charge in [-0.1, -0.05) is 6.92 Å². The van der Waals surface area contributed by atoms with Gasteiger partial charge < -0.3 is 15.4 Å². The standard InChI is InChI=1S/C9H16N2O2/c1-5-6(10)7-8(12)11(3)9(7,2)13-4/h5,10H2,1-4H3/b7-6+. The Morgan fingerprint density at radius 1 is 1.69 bits per heavy atom. The second-order valence-electron chi connectivity index (χ2n) is 3.30. The maximum atomic E-state index is 11.4. The van der Waals surface area contributed by atoms with Crippen molar-refractivity contribution in [1.29, 1.82) is 0 Å². The maximum absolute atomic E-state index is 11.4. The van der Waals surface area contributed by atoms with Gasteiger partial charge in [0.25, 0.3) is 5.91 Å². The Balaban J connectivity index is 3.06. The second kappa shape index (κ2) is 3.03. The van der Waals surface area contributed by atoms with E-state index >= 15 is 0 Å². The van der Waals surface area contributed by atoms with E-state index in [9.17, 15) is 4.79 Å². The molecule has 4 heteroatoms. The second-order valence-corrected chi connectivity index (χ2v) is 3.30. The monoisotopic (exact) mass is 184 g/mol. The highest BCUT2D eigenvalue weighted by Gasteiger charge is 2.52. The van der Waals surface area contributed by atoms with Crippen LogP contribution in [0.25, 0.3) is 0 Å². The number of hydrogen-bond acceptors (Lipinski definition) is 3. The summed E-state index contributed by atoms with van der Waals surface area (Å²) in [4.78, 5) is 13.0. The topological polar surface area (TPSA) is 55.6 Å². The number of likely N-dealkylation sites (tertiary alicyclic amines) is 1. The van der Waals surface area contributed by atoms with Gasteiger partial charge in [0.2, 0.25) is 0 Å². The number of carbonyl (C=O) groups excluding carboxylic acids is 1. The molecule has 1 saturated heterocycles. The summed E-state index contributed by atoms with van der Waals surface area (Å²) in [7, 11) is 3.28. The van der Waals surface area contributed by atoms with Gasteiger partial charge in [0.15, 0.2) is 5.72 Å². The van der Waals surface area contributed by atoms with Crippen molar-refractivity contribution in [2.24, 2.45) is 5.73 Å². The van der Waals surface area contributed by atoms with E-state index < -0.39 is 5.72 Å². The third kappa shape index (κ3) is 1.13. The van der Waals surface area contributed by atoms with Crippen molar-refractivity contribution in [2.75, 3.05) is 14.2 Å². The SMILES string of the molecule is CC/C(N)=C1/C(=O)N(C)C1(C)OC. The van der Waals surface area contributed by atoms with Crippen LogP contribution in [0.1, 0.15) is 20.3 Å². The van der Waals surface area contributed by atoms with Gasteiger partial charge in [-0.3, -0.25) is 4.79 Å². The third-order valence-corrected chi connectivity index (χ3v) is 2.72. The van der Waals surface area contributed by atoms with Crippen LogP contribution >= 0.6 is 0 Å². The van der Waals surface area contributed by atoms with Crippen molar-refractivity contribution >= 4 is 5.91 Å². The highest BCUT2D eigenvalue weighted by molar-refractivity contribution is 6.03. The molecule has 2 N–H and O–H groups in total. The summed E-state index contributed by atoms with van der Waals surface area (Å²) in [6.07, 6.45) is 0.674. The zero-order valence-electron chi connectivity index (χ0n) is 8.55. The molecular weight excluding hydrogens is 168 g/mol. The van der Waals surface area contributed by atoms with Crippen molar-refractivity contribution in [3.63, 3.8) is 0 Å². The summed E-state index contributed by atoms with van der Waals surface area (Å²) in [6, 6.07) is 0. The van der Waals surface area contributed by atoms with Gasteiger partial charge in [-0.25, -0.2) is 0 Å². The van der Waals surface area contributed by atoms with Gasteiger partial charge in [0.05, 0.1) is 5.57 Å². The van der Waals surface area contributed by atoms with E-state index in [0.29, 0.717) is 17.7 Å². The summed E-state index contributed by atoms with van der Waals surface area (Å²) in [5, 5.41) is 0.